The normalized spacial score (nSPS) is 9.91. The number of hydrogen-bond acceptors (Lipinski definition) is 8. The molecule has 0 saturated heterocycles. The summed E-state index contributed by atoms with van der Waals surface area (Å²) in [7, 11) is 0. The van der Waals surface area contributed by atoms with Crippen molar-refractivity contribution < 1.29 is 48.5 Å². The number of esters is 4. The molecule has 0 rings (SSSR count). The zero-order chi connectivity index (χ0) is 17.3. The summed E-state index contributed by atoms with van der Waals surface area (Å²) in [4.78, 5) is 65.4. The van der Waals surface area contributed by atoms with Crippen LogP contribution in [0.1, 0.15) is 32.6 Å². The summed E-state index contributed by atoms with van der Waals surface area (Å²) in [5.41, 5.74) is 0. The number of hydrogen-bond donors (Lipinski definition) is 2. The Labute approximate surface area is 124 Å². The highest BCUT2D eigenvalue weighted by molar-refractivity contribution is 6.02. The van der Waals surface area contributed by atoms with Gasteiger partial charge in [-0.05, 0) is 6.92 Å². The Morgan fingerprint density at radius 1 is 0.727 bits per heavy atom. The molecule has 0 atom stereocenters. The fourth-order valence-electron chi connectivity index (χ4n) is 1.02. The summed E-state index contributed by atoms with van der Waals surface area (Å²) < 4.78 is 8.43. The van der Waals surface area contributed by atoms with E-state index in [2.05, 4.69) is 9.47 Å². The molecule has 10 heteroatoms. The van der Waals surface area contributed by atoms with Gasteiger partial charge in [-0.1, -0.05) is 0 Å². The molecule has 0 spiro atoms. The minimum Gasteiger partial charge on any atom is -0.481 e. The summed E-state index contributed by atoms with van der Waals surface area (Å²) in [6.07, 6.45) is -2.20. The van der Waals surface area contributed by atoms with Gasteiger partial charge in [-0.2, -0.15) is 0 Å². The van der Waals surface area contributed by atoms with Crippen molar-refractivity contribution in [3.8, 4) is 0 Å². The molecular weight excluding hydrogens is 304 g/mol. The fourth-order valence-corrected chi connectivity index (χ4v) is 1.02. The Kier molecular flexibility index (Phi) is 8.05. The highest BCUT2D eigenvalue weighted by atomic mass is 16.6. The highest BCUT2D eigenvalue weighted by Crippen LogP contribution is 2.06. The number of aliphatic carboxylic acids is 2. The summed E-state index contributed by atoms with van der Waals surface area (Å²) in [6.45, 7) is 1.01. The third-order valence-electron chi connectivity index (χ3n) is 2.22. The molecule has 0 fully saturated rings. The molecule has 0 aromatic heterocycles. The highest BCUT2D eigenvalue weighted by Gasteiger charge is 2.28. The van der Waals surface area contributed by atoms with Crippen molar-refractivity contribution in [2.45, 2.75) is 32.6 Å². The molecule has 0 aromatic carbocycles. The van der Waals surface area contributed by atoms with E-state index in [9.17, 15) is 28.8 Å². The van der Waals surface area contributed by atoms with Crippen molar-refractivity contribution in [1.82, 2.24) is 0 Å². The Balaban J connectivity index is 4.29. The van der Waals surface area contributed by atoms with Gasteiger partial charge in [0.2, 0.25) is 0 Å². The quantitative estimate of drug-likeness (QED) is 0.440. The zero-order valence-electron chi connectivity index (χ0n) is 11.6. The first-order valence-corrected chi connectivity index (χ1v) is 6.06. The van der Waals surface area contributed by atoms with Crippen LogP contribution >= 0.6 is 0 Å². The molecule has 0 aliphatic carbocycles. The second kappa shape index (κ2) is 9.21. The van der Waals surface area contributed by atoms with Crippen LogP contribution in [0.5, 0.6) is 0 Å². The number of carboxylic acids is 2. The summed E-state index contributed by atoms with van der Waals surface area (Å²) in [5, 5.41) is 16.7. The molecule has 22 heavy (non-hydrogen) atoms. The monoisotopic (exact) mass is 318 g/mol. The Morgan fingerprint density at radius 3 is 1.32 bits per heavy atom. The van der Waals surface area contributed by atoms with Gasteiger partial charge < -0.3 is 19.7 Å². The molecular formula is C12H14O10. The predicted octanol–water partition coefficient (Wildman–Crippen LogP) is -0.508. The van der Waals surface area contributed by atoms with Gasteiger partial charge in [0.15, 0.2) is 5.92 Å². The number of carbonyl (C=O) groups excluding carboxylic acids is 4. The van der Waals surface area contributed by atoms with Crippen molar-refractivity contribution in [1.29, 1.82) is 0 Å². The second-order valence-electron chi connectivity index (χ2n) is 4.10. The van der Waals surface area contributed by atoms with Crippen molar-refractivity contribution in [3.05, 3.63) is 0 Å². The minimum atomic E-state index is -1.59. The molecule has 0 amide bonds. The fraction of sp³-hybridized carbons (Fsp3) is 0.500. The van der Waals surface area contributed by atoms with Crippen LogP contribution in [-0.4, -0.2) is 46.0 Å². The van der Waals surface area contributed by atoms with Crippen molar-refractivity contribution in [2.24, 2.45) is 5.92 Å². The molecule has 0 heterocycles. The first-order valence-electron chi connectivity index (χ1n) is 6.06. The van der Waals surface area contributed by atoms with E-state index in [1.807, 2.05) is 0 Å². The number of ether oxygens (including phenoxy) is 2. The predicted molar refractivity (Wildman–Crippen MR) is 65.1 cm³/mol. The average Bonchev–Trinajstić information content (AvgIpc) is 2.41. The van der Waals surface area contributed by atoms with E-state index in [4.69, 9.17) is 10.2 Å². The van der Waals surface area contributed by atoms with Crippen LogP contribution in [0, 0.1) is 5.92 Å². The molecule has 2 N–H and O–H groups in total. The van der Waals surface area contributed by atoms with Crippen molar-refractivity contribution in [2.75, 3.05) is 0 Å². The second-order valence-corrected chi connectivity index (χ2v) is 4.10. The van der Waals surface area contributed by atoms with E-state index < -0.39 is 67.4 Å². The Morgan fingerprint density at radius 2 is 1.05 bits per heavy atom. The average molecular weight is 318 g/mol. The van der Waals surface area contributed by atoms with Gasteiger partial charge in [0, 0.05) is 0 Å². The number of carboxylic acid groups (broad SMARTS) is 2. The van der Waals surface area contributed by atoms with E-state index >= 15 is 0 Å². The van der Waals surface area contributed by atoms with Crippen molar-refractivity contribution in [3.63, 3.8) is 0 Å². The molecule has 0 bridgehead atoms. The summed E-state index contributed by atoms with van der Waals surface area (Å²) >= 11 is 0. The topological polar surface area (TPSA) is 161 Å². The third-order valence-corrected chi connectivity index (χ3v) is 2.22. The molecule has 0 aliphatic heterocycles. The number of carbonyl (C=O) groups is 6. The lowest BCUT2D eigenvalue weighted by Gasteiger charge is -2.09. The lowest BCUT2D eigenvalue weighted by molar-refractivity contribution is -0.171. The van der Waals surface area contributed by atoms with Gasteiger partial charge >= 0.3 is 35.8 Å². The Bertz CT molecular complexity index is 448. The first kappa shape index (κ1) is 19.2. The van der Waals surface area contributed by atoms with E-state index in [0.717, 1.165) is 6.92 Å². The van der Waals surface area contributed by atoms with Crippen LogP contribution < -0.4 is 0 Å². The van der Waals surface area contributed by atoms with Crippen LogP contribution in [0.25, 0.3) is 0 Å². The molecule has 0 saturated carbocycles. The van der Waals surface area contributed by atoms with E-state index in [0.29, 0.717) is 0 Å². The molecule has 0 radical (unpaired) electrons. The van der Waals surface area contributed by atoms with Gasteiger partial charge in [0.25, 0.3) is 0 Å². The van der Waals surface area contributed by atoms with Crippen LogP contribution in [0.2, 0.25) is 0 Å². The smallest absolute Gasteiger partial charge is 0.327 e. The number of rotatable bonds is 8. The maximum atomic E-state index is 11.4. The lowest BCUT2D eigenvalue weighted by Crippen LogP contribution is -2.29. The third kappa shape index (κ3) is 8.40. The van der Waals surface area contributed by atoms with Gasteiger partial charge in [0.05, 0.1) is 25.7 Å². The van der Waals surface area contributed by atoms with Gasteiger partial charge in [-0.15, -0.1) is 0 Å². The minimum absolute atomic E-state index is 0.543. The SMILES string of the molecule is CC(C(=O)OC(=O)CCC(=O)O)C(=O)OC(=O)CCC(=O)O. The van der Waals surface area contributed by atoms with E-state index in [1.165, 1.54) is 0 Å². The molecule has 10 nitrogen and oxygen atoms in total. The molecule has 0 unspecified atom stereocenters. The van der Waals surface area contributed by atoms with Gasteiger partial charge in [-0.25, -0.2) is 0 Å². The molecule has 0 aromatic rings. The van der Waals surface area contributed by atoms with Crippen molar-refractivity contribution >= 4 is 35.8 Å². The summed E-state index contributed by atoms with van der Waals surface area (Å²) in [5.74, 6) is -8.99. The maximum Gasteiger partial charge on any atom is 0.327 e. The van der Waals surface area contributed by atoms with Crippen LogP contribution in [0.15, 0.2) is 0 Å². The van der Waals surface area contributed by atoms with Crippen LogP contribution in [0.3, 0.4) is 0 Å². The van der Waals surface area contributed by atoms with E-state index in [1.54, 1.807) is 0 Å². The lowest BCUT2D eigenvalue weighted by atomic mass is 10.2. The van der Waals surface area contributed by atoms with Gasteiger partial charge in [-0.3, -0.25) is 28.8 Å². The van der Waals surface area contributed by atoms with E-state index in [-0.39, 0.29) is 0 Å². The largest absolute Gasteiger partial charge is 0.481 e. The Hall–Kier alpha value is -2.78. The molecule has 0 aliphatic rings. The standard InChI is InChI=1S/C12H14O10/c1-6(11(19)21-9(17)4-2-7(13)14)12(20)22-10(18)5-3-8(15)16/h6H,2-5H2,1H3,(H,13,14)(H,15,16). The van der Waals surface area contributed by atoms with Crippen LogP contribution in [0.4, 0.5) is 0 Å². The zero-order valence-corrected chi connectivity index (χ0v) is 11.6. The maximum absolute atomic E-state index is 11.4. The van der Waals surface area contributed by atoms with Gasteiger partial charge in [0.1, 0.15) is 0 Å². The molecule has 122 valence electrons. The summed E-state index contributed by atoms with van der Waals surface area (Å²) in [6, 6.07) is 0. The first-order chi connectivity index (χ1) is 10.1. The van der Waals surface area contributed by atoms with Crippen LogP contribution in [-0.2, 0) is 38.2 Å².